The Morgan fingerprint density at radius 1 is 1.46 bits per heavy atom. The van der Waals surface area contributed by atoms with E-state index in [1.54, 1.807) is 13.0 Å². The third-order valence-corrected chi connectivity index (χ3v) is 1.82. The summed E-state index contributed by atoms with van der Waals surface area (Å²) in [5, 5.41) is 7.57. The first-order valence-corrected chi connectivity index (χ1v) is 4.72. The van der Waals surface area contributed by atoms with Crippen LogP contribution in [0.15, 0.2) is 11.6 Å². The van der Waals surface area contributed by atoms with E-state index < -0.39 is 0 Å². The highest BCUT2D eigenvalue weighted by Crippen LogP contribution is 2.32. The second-order valence-corrected chi connectivity index (χ2v) is 4.29. The molecular weight excluding hydrogens is 164 g/mol. The van der Waals surface area contributed by atoms with Crippen LogP contribution in [0.25, 0.3) is 0 Å². The SMILES string of the molecule is CC1=CC(=O)CC(C)(C)C1.CCO. The third-order valence-electron chi connectivity index (χ3n) is 1.82. The Hall–Kier alpha value is -0.630. The highest BCUT2D eigenvalue weighted by atomic mass is 16.2. The summed E-state index contributed by atoms with van der Waals surface area (Å²) in [6.45, 7) is 8.24. The Labute approximate surface area is 80.7 Å². The van der Waals surface area contributed by atoms with Gasteiger partial charge in [0.05, 0.1) is 0 Å². The standard InChI is InChI=1S/C9H14O.C2H6O/c1-7-4-8(10)6-9(2,3)5-7;1-2-3/h4H,5-6H2,1-3H3;3H,2H2,1H3. The first-order valence-electron chi connectivity index (χ1n) is 4.72. The van der Waals surface area contributed by atoms with Gasteiger partial charge in [-0.2, -0.15) is 0 Å². The summed E-state index contributed by atoms with van der Waals surface area (Å²) in [4.78, 5) is 11.0. The van der Waals surface area contributed by atoms with Crippen LogP contribution in [0.2, 0.25) is 0 Å². The van der Waals surface area contributed by atoms with Crippen molar-refractivity contribution in [2.75, 3.05) is 6.61 Å². The topological polar surface area (TPSA) is 37.3 Å². The third kappa shape index (κ3) is 5.58. The van der Waals surface area contributed by atoms with Gasteiger partial charge in [0.2, 0.25) is 0 Å². The van der Waals surface area contributed by atoms with Crippen LogP contribution in [0.5, 0.6) is 0 Å². The van der Waals surface area contributed by atoms with Crippen molar-refractivity contribution in [2.24, 2.45) is 5.41 Å². The maximum Gasteiger partial charge on any atom is 0.156 e. The van der Waals surface area contributed by atoms with E-state index in [4.69, 9.17) is 5.11 Å². The quantitative estimate of drug-likeness (QED) is 0.627. The Bertz CT molecular complexity index is 202. The molecule has 2 nitrogen and oxygen atoms in total. The van der Waals surface area contributed by atoms with Gasteiger partial charge >= 0.3 is 0 Å². The van der Waals surface area contributed by atoms with Gasteiger partial charge in [-0.15, -0.1) is 0 Å². The predicted octanol–water partition coefficient (Wildman–Crippen LogP) is 2.32. The molecule has 0 aromatic rings. The molecule has 1 aliphatic carbocycles. The van der Waals surface area contributed by atoms with Crippen molar-refractivity contribution in [1.29, 1.82) is 0 Å². The Morgan fingerprint density at radius 2 is 1.92 bits per heavy atom. The van der Waals surface area contributed by atoms with E-state index in [-0.39, 0.29) is 17.8 Å². The summed E-state index contributed by atoms with van der Waals surface area (Å²) < 4.78 is 0. The summed E-state index contributed by atoms with van der Waals surface area (Å²) in [5.74, 6) is 0.286. The molecule has 0 fully saturated rings. The Balaban J connectivity index is 0.000000424. The number of hydrogen-bond acceptors (Lipinski definition) is 2. The lowest BCUT2D eigenvalue weighted by atomic mass is 9.77. The first-order chi connectivity index (χ1) is 5.91. The number of aliphatic hydroxyl groups is 1. The number of carbonyl (C=O) groups excluding carboxylic acids is 1. The van der Waals surface area contributed by atoms with E-state index in [9.17, 15) is 4.79 Å². The number of ketones is 1. The van der Waals surface area contributed by atoms with Crippen molar-refractivity contribution in [1.82, 2.24) is 0 Å². The van der Waals surface area contributed by atoms with Gasteiger partial charge in [0.25, 0.3) is 0 Å². The lowest BCUT2D eigenvalue weighted by Gasteiger charge is -2.27. The molecule has 0 unspecified atom stereocenters. The summed E-state index contributed by atoms with van der Waals surface area (Å²) in [7, 11) is 0. The van der Waals surface area contributed by atoms with E-state index in [1.165, 1.54) is 5.57 Å². The summed E-state index contributed by atoms with van der Waals surface area (Å²) in [6, 6.07) is 0. The molecule has 0 aromatic heterocycles. The molecule has 0 radical (unpaired) electrons. The van der Waals surface area contributed by atoms with Crippen molar-refractivity contribution in [2.45, 2.75) is 40.5 Å². The fourth-order valence-electron chi connectivity index (χ4n) is 1.67. The molecule has 1 aliphatic rings. The van der Waals surface area contributed by atoms with Crippen molar-refractivity contribution in [3.63, 3.8) is 0 Å². The normalized spacial score (nSPS) is 20.1. The van der Waals surface area contributed by atoms with E-state index in [1.807, 2.05) is 6.92 Å². The molecule has 0 atom stereocenters. The van der Waals surface area contributed by atoms with Crippen LogP contribution in [0.4, 0.5) is 0 Å². The number of rotatable bonds is 0. The van der Waals surface area contributed by atoms with Crippen molar-refractivity contribution >= 4 is 5.78 Å². The van der Waals surface area contributed by atoms with E-state index in [2.05, 4.69) is 13.8 Å². The largest absolute Gasteiger partial charge is 0.397 e. The maximum atomic E-state index is 11.0. The summed E-state index contributed by atoms with van der Waals surface area (Å²) >= 11 is 0. The second-order valence-electron chi connectivity index (χ2n) is 4.29. The molecule has 76 valence electrons. The molecule has 13 heavy (non-hydrogen) atoms. The van der Waals surface area contributed by atoms with Gasteiger partial charge in [-0.05, 0) is 31.8 Å². The van der Waals surface area contributed by atoms with Crippen LogP contribution in [0, 0.1) is 5.41 Å². The zero-order valence-corrected chi connectivity index (χ0v) is 9.05. The van der Waals surface area contributed by atoms with Gasteiger partial charge < -0.3 is 5.11 Å². The van der Waals surface area contributed by atoms with Crippen LogP contribution in [-0.2, 0) is 4.79 Å². The predicted molar refractivity (Wildman–Crippen MR) is 54.5 cm³/mol. The fraction of sp³-hybridized carbons (Fsp3) is 0.727. The van der Waals surface area contributed by atoms with Crippen molar-refractivity contribution in [3.05, 3.63) is 11.6 Å². The van der Waals surface area contributed by atoms with Crippen LogP contribution >= 0.6 is 0 Å². The molecule has 0 amide bonds. The zero-order valence-electron chi connectivity index (χ0n) is 9.05. The fourth-order valence-corrected chi connectivity index (χ4v) is 1.67. The van der Waals surface area contributed by atoms with E-state index in [0.717, 1.165) is 6.42 Å². The van der Waals surface area contributed by atoms with E-state index >= 15 is 0 Å². The number of allylic oxidation sites excluding steroid dienone is 2. The van der Waals surface area contributed by atoms with Gasteiger partial charge in [0.15, 0.2) is 5.78 Å². The number of hydrogen-bond donors (Lipinski definition) is 1. The smallest absolute Gasteiger partial charge is 0.156 e. The summed E-state index contributed by atoms with van der Waals surface area (Å²) in [6.07, 6.45) is 3.55. The lowest BCUT2D eigenvalue weighted by molar-refractivity contribution is -0.117. The zero-order chi connectivity index (χ0) is 10.5. The molecule has 0 saturated heterocycles. The molecular formula is C11H20O2. The van der Waals surface area contributed by atoms with Crippen LogP contribution in [-0.4, -0.2) is 17.5 Å². The molecule has 0 bridgehead atoms. The molecule has 1 N–H and O–H groups in total. The minimum Gasteiger partial charge on any atom is -0.397 e. The lowest BCUT2D eigenvalue weighted by Crippen LogP contribution is -2.20. The van der Waals surface area contributed by atoms with Crippen LogP contribution in [0.1, 0.15) is 40.5 Å². The molecule has 1 rings (SSSR count). The molecule has 0 aliphatic heterocycles. The molecule has 2 heteroatoms. The maximum absolute atomic E-state index is 11.0. The average Bonchev–Trinajstić information content (AvgIpc) is 1.81. The Morgan fingerprint density at radius 3 is 2.23 bits per heavy atom. The molecule has 0 spiro atoms. The molecule has 0 heterocycles. The average molecular weight is 184 g/mol. The monoisotopic (exact) mass is 184 g/mol. The number of aliphatic hydroxyl groups excluding tert-OH is 1. The van der Waals surface area contributed by atoms with E-state index in [0.29, 0.717) is 6.42 Å². The van der Waals surface area contributed by atoms with Crippen molar-refractivity contribution in [3.8, 4) is 0 Å². The number of carbonyl (C=O) groups is 1. The van der Waals surface area contributed by atoms with Gasteiger partial charge in [-0.25, -0.2) is 0 Å². The van der Waals surface area contributed by atoms with Crippen molar-refractivity contribution < 1.29 is 9.90 Å². The first kappa shape index (κ1) is 12.4. The minimum absolute atomic E-state index is 0.204. The minimum atomic E-state index is 0.204. The molecule has 0 aromatic carbocycles. The summed E-state index contributed by atoms with van der Waals surface area (Å²) in [5.41, 5.74) is 1.43. The molecule has 0 saturated carbocycles. The van der Waals surface area contributed by atoms with Crippen LogP contribution < -0.4 is 0 Å². The highest BCUT2D eigenvalue weighted by Gasteiger charge is 2.25. The highest BCUT2D eigenvalue weighted by molar-refractivity contribution is 5.91. The van der Waals surface area contributed by atoms with Gasteiger partial charge in [-0.1, -0.05) is 19.4 Å². The van der Waals surface area contributed by atoms with Gasteiger partial charge in [0, 0.05) is 13.0 Å². The second kappa shape index (κ2) is 5.18. The van der Waals surface area contributed by atoms with Gasteiger partial charge in [-0.3, -0.25) is 4.79 Å². The Kier molecular flexibility index (Phi) is 4.92. The van der Waals surface area contributed by atoms with Gasteiger partial charge in [0.1, 0.15) is 0 Å². The van der Waals surface area contributed by atoms with Crippen LogP contribution in [0.3, 0.4) is 0 Å².